The molecule has 0 aliphatic carbocycles. The summed E-state index contributed by atoms with van der Waals surface area (Å²) >= 11 is 0. The van der Waals surface area contributed by atoms with E-state index >= 15 is 0 Å². The quantitative estimate of drug-likeness (QED) is 0.649. The van der Waals surface area contributed by atoms with Crippen LogP contribution < -0.4 is 0 Å². The lowest BCUT2D eigenvalue weighted by Crippen LogP contribution is -1.93. The van der Waals surface area contributed by atoms with E-state index in [4.69, 9.17) is 0 Å². The first-order chi connectivity index (χ1) is 7.88. The number of nitrogens with zero attached hydrogens (tertiary/aromatic N) is 2. The van der Waals surface area contributed by atoms with Crippen LogP contribution in [0.15, 0.2) is 0 Å². The number of hydrogen-bond acceptors (Lipinski definition) is 2. The second-order valence-corrected chi connectivity index (χ2v) is 4.50. The molecule has 1 rings (SSSR count). The van der Waals surface area contributed by atoms with Crippen molar-refractivity contribution in [2.75, 3.05) is 0 Å². The highest BCUT2D eigenvalue weighted by atomic mass is 15.3. The molecule has 0 radical (unpaired) electrons. The van der Waals surface area contributed by atoms with Crippen LogP contribution in [0.5, 0.6) is 0 Å². The standard InChI is InChI=1S/C13H25N3/c1-3-5-6-7-8-9-11-13-12(10-4-2)14-16-15-13/h3-11H2,1-2H3,(H,14,15,16). The summed E-state index contributed by atoms with van der Waals surface area (Å²) in [5.74, 6) is 0. The summed E-state index contributed by atoms with van der Waals surface area (Å²) < 4.78 is 0. The van der Waals surface area contributed by atoms with E-state index in [1.54, 1.807) is 0 Å². The van der Waals surface area contributed by atoms with Crippen molar-refractivity contribution in [3.8, 4) is 0 Å². The fourth-order valence-corrected chi connectivity index (χ4v) is 1.99. The minimum atomic E-state index is 1.08. The molecule has 0 fully saturated rings. The summed E-state index contributed by atoms with van der Waals surface area (Å²) in [4.78, 5) is 0. The van der Waals surface area contributed by atoms with Crippen molar-refractivity contribution in [2.24, 2.45) is 0 Å². The molecule has 1 aromatic rings. The molecule has 0 bridgehead atoms. The van der Waals surface area contributed by atoms with Gasteiger partial charge in [-0.25, -0.2) is 0 Å². The molecule has 1 heterocycles. The van der Waals surface area contributed by atoms with E-state index in [-0.39, 0.29) is 0 Å². The maximum Gasteiger partial charge on any atom is 0.0856 e. The van der Waals surface area contributed by atoms with Gasteiger partial charge < -0.3 is 0 Å². The van der Waals surface area contributed by atoms with E-state index in [2.05, 4.69) is 29.3 Å². The van der Waals surface area contributed by atoms with Crippen LogP contribution in [0.3, 0.4) is 0 Å². The summed E-state index contributed by atoms with van der Waals surface area (Å²) in [6.07, 6.45) is 11.4. The summed E-state index contributed by atoms with van der Waals surface area (Å²) in [6, 6.07) is 0. The zero-order chi connectivity index (χ0) is 11.6. The number of aromatic nitrogens is 3. The molecule has 1 aromatic heterocycles. The fourth-order valence-electron chi connectivity index (χ4n) is 1.99. The SMILES string of the molecule is CCCCCCCCc1nn[nH]c1CCC. The van der Waals surface area contributed by atoms with Gasteiger partial charge in [-0.05, 0) is 19.3 Å². The van der Waals surface area contributed by atoms with Crippen molar-refractivity contribution < 1.29 is 0 Å². The topological polar surface area (TPSA) is 41.6 Å². The number of rotatable bonds is 9. The third-order valence-corrected chi connectivity index (χ3v) is 2.97. The Morgan fingerprint density at radius 1 is 0.875 bits per heavy atom. The van der Waals surface area contributed by atoms with Crippen molar-refractivity contribution >= 4 is 0 Å². The maximum absolute atomic E-state index is 4.16. The molecular formula is C13H25N3. The van der Waals surface area contributed by atoms with Gasteiger partial charge >= 0.3 is 0 Å². The predicted octanol–water partition coefficient (Wildman–Crippen LogP) is 3.66. The van der Waals surface area contributed by atoms with Gasteiger partial charge in [0.1, 0.15) is 0 Å². The average molecular weight is 223 g/mol. The molecule has 3 heteroatoms. The number of hydrogen-bond donors (Lipinski definition) is 1. The van der Waals surface area contributed by atoms with E-state index < -0.39 is 0 Å². The van der Waals surface area contributed by atoms with Gasteiger partial charge in [0.2, 0.25) is 0 Å². The minimum absolute atomic E-state index is 1.08. The van der Waals surface area contributed by atoms with Crippen LogP contribution in [0.2, 0.25) is 0 Å². The van der Waals surface area contributed by atoms with E-state index in [0.717, 1.165) is 19.3 Å². The minimum Gasteiger partial charge on any atom is -0.262 e. The number of aryl methyl sites for hydroxylation is 2. The molecular weight excluding hydrogens is 198 g/mol. The van der Waals surface area contributed by atoms with Crippen LogP contribution in [-0.2, 0) is 12.8 Å². The van der Waals surface area contributed by atoms with Crippen LogP contribution in [-0.4, -0.2) is 15.4 Å². The Hall–Kier alpha value is -0.860. The van der Waals surface area contributed by atoms with Gasteiger partial charge in [-0.3, -0.25) is 5.10 Å². The van der Waals surface area contributed by atoms with Gasteiger partial charge in [-0.2, -0.15) is 0 Å². The van der Waals surface area contributed by atoms with Crippen molar-refractivity contribution in [1.82, 2.24) is 15.4 Å². The Kier molecular flexibility index (Phi) is 6.86. The molecule has 0 unspecified atom stereocenters. The van der Waals surface area contributed by atoms with Crippen LogP contribution in [0.1, 0.15) is 70.2 Å². The van der Waals surface area contributed by atoms with Gasteiger partial charge in [0.15, 0.2) is 0 Å². The first kappa shape index (κ1) is 13.2. The van der Waals surface area contributed by atoms with E-state index in [1.807, 2.05) is 0 Å². The average Bonchev–Trinajstić information content (AvgIpc) is 2.72. The molecule has 0 aliphatic rings. The highest BCUT2D eigenvalue weighted by Crippen LogP contribution is 2.11. The largest absolute Gasteiger partial charge is 0.262 e. The summed E-state index contributed by atoms with van der Waals surface area (Å²) in [5.41, 5.74) is 2.44. The van der Waals surface area contributed by atoms with Gasteiger partial charge in [-0.1, -0.05) is 57.6 Å². The Morgan fingerprint density at radius 2 is 1.62 bits per heavy atom. The zero-order valence-electron chi connectivity index (χ0n) is 10.8. The molecule has 0 amide bonds. The van der Waals surface area contributed by atoms with Crippen LogP contribution in [0.4, 0.5) is 0 Å². The van der Waals surface area contributed by atoms with Crippen LogP contribution in [0.25, 0.3) is 0 Å². The lowest BCUT2D eigenvalue weighted by molar-refractivity contribution is 0.603. The molecule has 16 heavy (non-hydrogen) atoms. The Labute approximate surface area is 99.0 Å². The molecule has 0 spiro atoms. The third-order valence-electron chi connectivity index (χ3n) is 2.97. The van der Waals surface area contributed by atoms with Gasteiger partial charge in [-0.15, -0.1) is 5.10 Å². The molecule has 0 saturated carbocycles. The third kappa shape index (κ3) is 4.77. The second-order valence-electron chi connectivity index (χ2n) is 4.50. The fraction of sp³-hybridized carbons (Fsp3) is 0.846. The van der Waals surface area contributed by atoms with Crippen LogP contribution in [0, 0.1) is 0 Å². The predicted molar refractivity (Wildman–Crippen MR) is 67.5 cm³/mol. The molecule has 92 valence electrons. The first-order valence-corrected chi connectivity index (χ1v) is 6.77. The van der Waals surface area contributed by atoms with Crippen molar-refractivity contribution in [3.63, 3.8) is 0 Å². The lowest BCUT2D eigenvalue weighted by Gasteiger charge is -2.01. The highest BCUT2D eigenvalue weighted by Gasteiger charge is 2.05. The van der Waals surface area contributed by atoms with E-state index in [1.165, 1.54) is 49.9 Å². The molecule has 3 nitrogen and oxygen atoms in total. The first-order valence-electron chi connectivity index (χ1n) is 6.77. The summed E-state index contributed by atoms with van der Waals surface area (Å²) in [5, 5.41) is 11.1. The number of H-pyrrole nitrogens is 1. The number of unbranched alkanes of at least 4 members (excludes halogenated alkanes) is 5. The monoisotopic (exact) mass is 223 g/mol. The van der Waals surface area contributed by atoms with Crippen molar-refractivity contribution in [2.45, 2.75) is 71.6 Å². The molecule has 1 N–H and O–H groups in total. The Bertz CT molecular complexity index is 268. The zero-order valence-corrected chi connectivity index (χ0v) is 10.8. The van der Waals surface area contributed by atoms with Gasteiger partial charge in [0, 0.05) is 0 Å². The highest BCUT2D eigenvalue weighted by molar-refractivity contribution is 5.08. The Balaban J connectivity index is 2.13. The van der Waals surface area contributed by atoms with Crippen LogP contribution >= 0.6 is 0 Å². The smallest absolute Gasteiger partial charge is 0.0856 e. The van der Waals surface area contributed by atoms with Gasteiger partial charge in [0.25, 0.3) is 0 Å². The number of aromatic amines is 1. The summed E-state index contributed by atoms with van der Waals surface area (Å²) in [7, 11) is 0. The maximum atomic E-state index is 4.16. The van der Waals surface area contributed by atoms with E-state index in [9.17, 15) is 0 Å². The normalized spacial score (nSPS) is 10.9. The van der Waals surface area contributed by atoms with E-state index in [0.29, 0.717) is 0 Å². The summed E-state index contributed by atoms with van der Waals surface area (Å²) in [6.45, 7) is 4.45. The molecule has 0 aliphatic heterocycles. The molecule has 0 aromatic carbocycles. The van der Waals surface area contributed by atoms with Gasteiger partial charge in [0.05, 0.1) is 11.4 Å². The number of nitrogens with one attached hydrogen (secondary N) is 1. The molecule has 0 saturated heterocycles. The lowest BCUT2D eigenvalue weighted by atomic mass is 10.1. The Morgan fingerprint density at radius 3 is 2.38 bits per heavy atom. The second kappa shape index (κ2) is 8.31. The molecule has 0 atom stereocenters. The van der Waals surface area contributed by atoms with Crippen molar-refractivity contribution in [1.29, 1.82) is 0 Å². The van der Waals surface area contributed by atoms with Crippen molar-refractivity contribution in [3.05, 3.63) is 11.4 Å².